The molecule has 2 aromatic rings. The van der Waals surface area contributed by atoms with E-state index in [1.54, 1.807) is 11.0 Å². The van der Waals surface area contributed by atoms with Crippen LogP contribution >= 0.6 is 0 Å². The van der Waals surface area contributed by atoms with Crippen LogP contribution in [0.5, 0.6) is 0 Å². The van der Waals surface area contributed by atoms with Crippen LogP contribution in [0.3, 0.4) is 0 Å². The van der Waals surface area contributed by atoms with Gasteiger partial charge in [0.05, 0.1) is 11.6 Å². The Labute approximate surface area is 183 Å². The van der Waals surface area contributed by atoms with Crippen molar-refractivity contribution in [2.24, 2.45) is 0 Å². The molecule has 1 saturated heterocycles. The number of nitrogens with one attached hydrogen (secondary N) is 1. The number of piperazine rings is 1. The van der Waals surface area contributed by atoms with Crippen molar-refractivity contribution in [2.75, 3.05) is 26.2 Å². The average Bonchev–Trinajstić information content (AvgIpc) is 2.84. The molecule has 1 saturated carbocycles. The van der Waals surface area contributed by atoms with E-state index in [1.807, 2.05) is 47.4 Å². The third-order valence-corrected chi connectivity index (χ3v) is 6.28. The fourth-order valence-electron chi connectivity index (χ4n) is 4.52. The Hall–Kier alpha value is -3.33. The molecule has 1 aliphatic heterocycles. The molecular formula is C25H28N4O2. The zero-order chi connectivity index (χ0) is 21.6. The van der Waals surface area contributed by atoms with Crippen LogP contribution in [0.25, 0.3) is 11.1 Å². The number of urea groups is 1. The second kappa shape index (κ2) is 9.65. The molecule has 0 radical (unpaired) electrons. The van der Waals surface area contributed by atoms with E-state index in [0.29, 0.717) is 37.3 Å². The van der Waals surface area contributed by atoms with E-state index in [9.17, 15) is 14.9 Å². The van der Waals surface area contributed by atoms with Crippen LogP contribution in [0.15, 0.2) is 48.5 Å². The fourth-order valence-corrected chi connectivity index (χ4v) is 4.52. The van der Waals surface area contributed by atoms with Crippen LogP contribution in [0.2, 0.25) is 0 Å². The van der Waals surface area contributed by atoms with Crippen molar-refractivity contribution in [1.29, 1.82) is 5.26 Å². The molecule has 0 bridgehead atoms. The van der Waals surface area contributed by atoms with Gasteiger partial charge in [-0.15, -0.1) is 0 Å². The van der Waals surface area contributed by atoms with Gasteiger partial charge in [0.2, 0.25) is 0 Å². The third-order valence-electron chi connectivity index (χ3n) is 6.28. The van der Waals surface area contributed by atoms with E-state index in [4.69, 9.17) is 0 Å². The van der Waals surface area contributed by atoms with E-state index in [2.05, 4.69) is 11.4 Å². The molecule has 0 unspecified atom stereocenters. The molecule has 6 nitrogen and oxygen atoms in total. The predicted octanol–water partition coefficient (Wildman–Crippen LogP) is 4.03. The molecule has 2 aliphatic rings. The number of nitriles is 1. The molecule has 0 atom stereocenters. The summed E-state index contributed by atoms with van der Waals surface area (Å²) in [7, 11) is 0. The second-order valence-electron chi connectivity index (χ2n) is 8.27. The minimum Gasteiger partial charge on any atom is -0.335 e. The van der Waals surface area contributed by atoms with Crippen LogP contribution in [0.1, 0.15) is 48.0 Å². The first-order chi connectivity index (χ1) is 15.2. The summed E-state index contributed by atoms with van der Waals surface area (Å²) in [6, 6.07) is 17.3. The van der Waals surface area contributed by atoms with Gasteiger partial charge in [0, 0.05) is 43.3 Å². The highest BCUT2D eigenvalue weighted by atomic mass is 16.2. The molecule has 2 aromatic carbocycles. The van der Waals surface area contributed by atoms with Crippen LogP contribution in [0.4, 0.5) is 4.79 Å². The van der Waals surface area contributed by atoms with Crippen LogP contribution in [0, 0.1) is 11.3 Å². The molecule has 0 spiro atoms. The number of amides is 3. The average molecular weight is 417 g/mol. The van der Waals surface area contributed by atoms with Crippen molar-refractivity contribution in [2.45, 2.75) is 38.1 Å². The standard InChI is InChI=1S/C25H28N4O2/c26-18-19-8-4-5-11-21(19)22-12-6-7-13-23(22)24(30)28-14-16-29(17-15-28)25(31)27-20-9-2-1-3-10-20/h4-8,11-13,20H,1-3,9-10,14-17H2,(H,27,31). The van der Waals surface area contributed by atoms with Gasteiger partial charge in [-0.1, -0.05) is 55.7 Å². The maximum absolute atomic E-state index is 13.3. The molecule has 1 N–H and O–H groups in total. The van der Waals surface area contributed by atoms with Crippen molar-refractivity contribution >= 4 is 11.9 Å². The number of carbonyl (C=O) groups is 2. The number of hydrogen-bond donors (Lipinski definition) is 1. The van der Waals surface area contributed by atoms with Gasteiger partial charge in [0.15, 0.2) is 0 Å². The molecule has 4 rings (SSSR count). The Balaban J connectivity index is 1.43. The maximum Gasteiger partial charge on any atom is 0.317 e. The van der Waals surface area contributed by atoms with E-state index in [0.717, 1.165) is 24.0 Å². The van der Waals surface area contributed by atoms with Crippen molar-refractivity contribution in [3.8, 4) is 17.2 Å². The lowest BCUT2D eigenvalue weighted by Crippen LogP contribution is -2.54. The van der Waals surface area contributed by atoms with Gasteiger partial charge in [-0.3, -0.25) is 4.79 Å². The number of benzene rings is 2. The molecule has 6 heteroatoms. The second-order valence-corrected chi connectivity index (χ2v) is 8.27. The number of nitrogens with zero attached hydrogens (tertiary/aromatic N) is 3. The van der Waals surface area contributed by atoms with Crippen LogP contribution < -0.4 is 5.32 Å². The SMILES string of the molecule is N#Cc1ccccc1-c1ccccc1C(=O)N1CCN(C(=O)NC2CCCCC2)CC1. The lowest BCUT2D eigenvalue weighted by Gasteiger charge is -2.36. The van der Waals surface area contributed by atoms with Gasteiger partial charge in [0.1, 0.15) is 0 Å². The monoisotopic (exact) mass is 416 g/mol. The first-order valence-corrected chi connectivity index (χ1v) is 11.1. The van der Waals surface area contributed by atoms with Gasteiger partial charge in [-0.2, -0.15) is 5.26 Å². The normalized spacial score (nSPS) is 17.1. The molecule has 1 heterocycles. The summed E-state index contributed by atoms with van der Waals surface area (Å²) in [6.07, 6.45) is 5.74. The van der Waals surface area contributed by atoms with Crippen molar-refractivity contribution < 1.29 is 9.59 Å². The molecule has 160 valence electrons. The summed E-state index contributed by atoms with van der Waals surface area (Å²) < 4.78 is 0. The minimum atomic E-state index is -0.0596. The first-order valence-electron chi connectivity index (χ1n) is 11.1. The lowest BCUT2D eigenvalue weighted by atomic mass is 9.95. The Morgan fingerprint density at radius 3 is 2.16 bits per heavy atom. The molecule has 2 fully saturated rings. The molecule has 0 aromatic heterocycles. The lowest BCUT2D eigenvalue weighted by molar-refractivity contribution is 0.0663. The summed E-state index contributed by atoms with van der Waals surface area (Å²) in [5, 5.41) is 12.6. The van der Waals surface area contributed by atoms with Gasteiger partial charge in [-0.05, 0) is 30.5 Å². The van der Waals surface area contributed by atoms with Crippen molar-refractivity contribution in [3.05, 3.63) is 59.7 Å². The summed E-state index contributed by atoms with van der Waals surface area (Å²) >= 11 is 0. The number of carbonyl (C=O) groups excluding carboxylic acids is 2. The molecule has 3 amide bonds. The highest BCUT2D eigenvalue weighted by Gasteiger charge is 2.27. The Morgan fingerprint density at radius 2 is 1.45 bits per heavy atom. The van der Waals surface area contributed by atoms with Gasteiger partial charge < -0.3 is 15.1 Å². The molecule has 31 heavy (non-hydrogen) atoms. The Kier molecular flexibility index (Phi) is 6.51. The predicted molar refractivity (Wildman–Crippen MR) is 119 cm³/mol. The first kappa shape index (κ1) is 20.9. The topological polar surface area (TPSA) is 76.4 Å². The summed E-state index contributed by atoms with van der Waals surface area (Å²) in [5.74, 6) is -0.0596. The number of hydrogen-bond acceptors (Lipinski definition) is 3. The van der Waals surface area contributed by atoms with Gasteiger partial charge >= 0.3 is 6.03 Å². The van der Waals surface area contributed by atoms with Crippen molar-refractivity contribution in [1.82, 2.24) is 15.1 Å². The third kappa shape index (κ3) is 4.72. The van der Waals surface area contributed by atoms with Crippen molar-refractivity contribution in [3.63, 3.8) is 0 Å². The van der Waals surface area contributed by atoms with Crippen LogP contribution in [-0.4, -0.2) is 54.0 Å². The minimum absolute atomic E-state index is 0.0117. The molecule has 1 aliphatic carbocycles. The summed E-state index contributed by atoms with van der Waals surface area (Å²) in [4.78, 5) is 29.5. The zero-order valence-corrected chi connectivity index (χ0v) is 17.7. The Morgan fingerprint density at radius 1 is 0.839 bits per heavy atom. The number of rotatable bonds is 3. The van der Waals surface area contributed by atoms with E-state index in [-0.39, 0.29) is 18.0 Å². The fraction of sp³-hybridized carbons (Fsp3) is 0.400. The van der Waals surface area contributed by atoms with Gasteiger partial charge in [0.25, 0.3) is 5.91 Å². The van der Waals surface area contributed by atoms with Gasteiger partial charge in [-0.25, -0.2) is 4.79 Å². The molecular weight excluding hydrogens is 388 g/mol. The highest BCUT2D eigenvalue weighted by molar-refractivity contribution is 6.01. The highest BCUT2D eigenvalue weighted by Crippen LogP contribution is 2.28. The smallest absolute Gasteiger partial charge is 0.317 e. The summed E-state index contributed by atoms with van der Waals surface area (Å²) in [6.45, 7) is 2.07. The van der Waals surface area contributed by atoms with Crippen LogP contribution in [-0.2, 0) is 0 Å². The van der Waals surface area contributed by atoms with E-state index >= 15 is 0 Å². The van der Waals surface area contributed by atoms with E-state index < -0.39 is 0 Å². The summed E-state index contributed by atoms with van der Waals surface area (Å²) in [5.41, 5.74) is 2.67. The quantitative estimate of drug-likeness (QED) is 0.821. The zero-order valence-electron chi connectivity index (χ0n) is 17.7. The largest absolute Gasteiger partial charge is 0.335 e. The maximum atomic E-state index is 13.3. The van der Waals surface area contributed by atoms with E-state index in [1.165, 1.54) is 19.3 Å². The Bertz CT molecular complexity index is 983.